The van der Waals surface area contributed by atoms with Crippen molar-refractivity contribution in [2.24, 2.45) is 0 Å². The Balaban J connectivity index is 1.52. The van der Waals surface area contributed by atoms with E-state index in [9.17, 15) is 9.18 Å². The molecule has 0 bridgehead atoms. The van der Waals surface area contributed by atoms with Crippen molar-refractivity contribution in [3.8, 4) is 11.4 Å². The molecule has 9 heteroatoms. The van der Waals surface area contributed by atoms with Crippen LogP contribution >= 0.6 is 11.8 Å². The van der Waals surface area contributed by atoms with Crippen LogP contribution in [0.25, 0.3) is 11.4 Å². The molecular formula is C20H27FN5O2S+. The predicted molar refractivity (Wildman–Crippen MR) is 108 cm³/mol. The second-order valence-electron chi connectivity index (χ2n) is 7.62. The van der Waals surface area contributed by atoms with Crippen LogP contribution in [-0.4, -0.2) is 64.8 Å². The van der Waals surface area contributed by atoms with E-state index in [1.54, 1.807) is 12.1 Å². The van der Waals surface area contributed by atoms with E-state index in [-0.39, 0.29) is 17.0 Å². The number of benzene rings is 1. The molecule has 0 unspecified atom stereocenters. The molecular weight excluding hydrogens is 393 g/mol. The Kier molecular flexibility index (Phi) is 6.46. The first kappa shape index (κ1) is 20.3. The van der Waals surface area contributed by atoms with Gasteiger partial charge in [0.25, 0.3) is 0 Å². The third-order valence-electron chi connectivity index (χ3n) is 5.28. The molecule has 1 saturated heterocycles. The molecule has 2 aliphatic rings. The molecule has 1 saturated carbocycles. The van der Waals surface area contributed by atoms with Crippen LogP contribution in [0.15, 0.2) is 29.4 Å². The minimum atomic E-state index is -0.280. The van der Waals surface area contributed by atoms with Gasteiger partial charge in [-0.1, -0.05) is 11.8 Å². The number of amides is 1. The summed E-state index contributed by atoms with van der Waals surface area (Å²) in [4.78, 5) is 13.9. The number of halogens is 1. The molecule has 2 fully saturated rings. The lowest BCUT2D eigenvalue weighted by atomic mass is 10.2. The van der Waals surface area contributed by atoms with Crippen LogP contribution in [0.1, 0.15) is 19.8 Å². The summed E-state index contributed by atoms with van der Waals surface area (Å²) in [6, 6.07) is 6.63. The Hall–Kier alpha value is -1.97. The van der Waals surface area contributed by atoms with Gasteiger partial charge in [0.15, 0.2) is 11.0 Å². The number of rotatable bonds is 8. The highest BCUT2D eigenvalue weighted by Crippen LogP contribution is 2.28. The fraction of sp³-hybridized carbons (Fsp3) is 0.550. The van der Waals surface area contributed by atoms with Crippen LogP contribution < -0.4 is 10.2 Å². The van der Waals surface area contributed by atoms with Gasteiger partial charge in [0, 0.05) is 11.6 Å². The highest BCUT2D eigenvalue weighted by molar-refractivity contribution is 8.00. The van der Waals surface area contributed by atoms with Crippen molar-refractivity contribution >= 4 is 17.7 Å². The van der Waals surface area contributed by atoms with E-state index in [1.807, 2.05) is 6.92 Å². The van der Waals surface area contributed by atoms with Gasteiger partial charge in [0.05, 0.1) is 31.6 Å². The van der Waals surface area contributed by atoms with E-state index in [0.29, 0.717) is 11.9 Å². The molecule has 0 spiro atoms. The smallest absolute Gasteiger partial charge is 0.233 e. The predicted octanol–water partition coefficient (Wildman–Crippen LogP) is 0.759. The lowest BCUT2D eigenvalue weighted by Crippen LogP contribution is -3.14. The van der Waals surface area contributed by atoms with E-state index in [1.165, 1.54) is 28.8 Å². The van der Waals surface area contributed by atoms with Gasteiger partial charge in [-0.25, -0.2) is 4.39 Å². The zero-order valence-electron chi connectivity index (χ0n) is 16.6. The van der Waals surface area contributed by atoms with E-state index in [0.717, 1.165) is 63.0 Å². The van der Waals surface area contributed by atoms with E-state index < -0.39 is 0 Å². The Morgan fingerprint density at radius 1 is 1.31 bits per heavy atom. The highest BCUT2D eigenvalue weighted by atomic mass is 32.2. The summed E-state index contributed by atoms with van der Waals surface area (Å²) in [6.07, 6.45) is 2.13. The number of nitrogens with zero attached hydrogens (tertiary/aromatic N) is 3. The number of hydrogen-bond acceptors (Lipinski definition) is 5. The van der Waals surface area contributed by atoms with E-state index >= 15 is 0 Å². The fourth-order valence-electron chi connectivity index (χ4n) is 3.33. The fourth-order valence-corrected chi connectivity index (χ4v) is 4.21. The lowest BCUT2D eigenvalue weighted by molar-refractivity contribution is -0.908. The van der Waals surface area contributed by atoms with Crippen LogP contribution in [-0.2, 0) is 16.1 Å². The van der Waals surface area contributed by atoms with Gasteiger partial charge in [0.2, 0.25) is 5.91 Å². The first-order valence-electron chi connectivity index (χ1n) is 10.2. The number of nitrogens with one attached hydrogen (secondary N) is 2. The first-order chi connectivity index (χ1) is 14.1. The van der Waals surface area contributed by atoms with Gasteiger partial charge in [-0.15, -0.1) is 10.2 Å². The topological polar surface area (TPSA) is 73.5 Å². The number of morpholine rings is 1. The first-order valence-corrected chi connectivity index (χ1v) is 11.1. The van der Waals surface area contributed by atoms with E-state index in [2.05, 4.69) is 20.1 Å². The molecule has 2 N–H and O–H groups in total. The molecule has 1 aliphatic carbocycles. The number of quaternary nitrogens is 1. The van der Waals surface area contributed by atoms with Crippen molar-refractivity contribution in [3.63, 3.8) is 0 Å². The Morgan fingerprint density at radius 3 is 2.72 bits per heavy atom. The normalized spacial score (nSPS) is 18.6. The summed E-state index contributed by atoms with van der Waals surface area (Å²) >= 11 is 1.42. The second kappa shape index (κ2) is 9.23. The van der Waals surface area contributed by atoms with Crippen LogP contribution in [0.4, 0.5) is 4.39 Å². The average molecular weight is 421 g/mol. The summed E-state index contributed by atoms with van der Waals surface area (Å²) in [5.41, 5.74) is 0.817. The molecule has 2 aromatic rings. The maximum absolute atomic E-state index is 13.4. The molecule has 1 atom stereocenters. The molecule has 156 valence electrons. The van der Waals surface area contributed by atoms with Gasteiger partial charge in [-0.05, 0) is 44.0 Å². The molecule has 1 aromatic carbocycles. The van der Waals surface area contributed by atoms with Crippen LogP contribution in [0.2, 0.25) is 0 Å². The number of thioether (sulfide) groups is 1. The summed E-state index contributed by atoms with van der Waals surface area (Å²) in [7, 11) is 0. The molecule has 4 rings (SSSR count). The average Bonchev–Trinajstić information content (AvgIpc) is 3.46. The lowest BCUT2D eigenvalue weighted by Gasteiger charge is -2.24. The van der Waals surface area contributed by atoms with Crippen LogP contribution in [0.5, 0.6) is 0 Å². The molecule has 7 nitrogen and oxygen atoms in total. The van der Waals surface area contributed by atoms with Crippen LogP contribution in [0, 0.1) is 5.82 Å². The third-order valence-corrected chi connectivity index (χ3v) is 6.36. The zero-order valence-corrected chi connectivity index (χ0v) is 17.4. The van der Waals surface area contributed by atoms with Crippen molar-refractivity contribution in [1.29, 1.82) is 0 Å². The standard InChI is InChI=1S/C20H26FN5O2S/c1-14(19(27)22-17-6-7-17)29-20-24-23-18(15-2-4-16(21)5-3-15)26(20)9-8-25-10-12-28-13-11-25/h2-5,14,17H,6-13H2,1H3,(H,22,27)/p+1/t14-/m1/s1. The van der Waals surface area contributed by atoms with Gasteiger partial charge >= 0.3 is 0 Å². The number of ether oxygens (including phenoxy) is 1. The Morgan fingerprint density at radius 2 is 2.03 bits per heavy atom. The minimum Gasteiger partial charge on any atom is -0.370 e. The number of aromatic nitrogens is 3. The molecule has 29 heavy (non-hydrogen) atoms. The summed E-state index contributed by atoms with van der Waals surface area (Å²) < 4.78 is 20.9. The molecule has 1 amide bonds. The van der Waals surface area contributed by atoms with Crippen molar-refractivity contribution in [3.05, 3.63) is 30.1 Å². The largest absolute Gasteiger partial charge is 0.370 e. The number of carbonyl (C=O) groups is 1. The summed E-state index contributed by atoms with van der Waals surface area (Å²) in [5.74, 6) is 0.460. The van der Waals surface area contributed by atoms with Crippen molar-refractivity contribution < 1.29 is 18.8 Å². The molecule has 2 heterocycles. The zero-order chi connectivity index (χ0) is 20.2. The Labute approximate surface area is 174 Å². The second-order valence-corrected chi connectivity index (χ2v) is 8.93. The number of carbonyl (C=O) groups excluding carboxylic acids is 1. The van der Waals surface area contributed by atoms with Gasteiger partial charge in [-0.2, -0.15) is 0 Å². The molecule has 1 aromatic heterocycles. The molecule has 0 radical (unpaired) electrons. The SMILES string of the molecule is C[C@@H](Sc1nnc(-c2ccc(F)cc2)n1CC[NH+]1CCOCC1)C(=O)NC1CC1. The van der Waals surface area contributed by atoms with Crippen molar-refractivity contribution in [1.82, 2.24) is 20.1 Å². The van der Waals surface area contributed by atoms with Gasteiger partial charge in [0.1, 0.15) is 18.9 Å². The van der Waals surface area contributed by atoms with Gasteiger partial charge < -0.3 is 15.0 Å². The number of hydrogen-bond donors (Lipinski definition) is 2. The highest BCUT2D eigenvalue weighted by Gasteiger charge is 2.27. The third kappa shape index (κ3) is 5.34. The Bertz CT molecular complexity index is 834. The van der Waals surface area contributed by atoms with Crippen LogP contribution in [0.3, 0.4) is 0 Å². The van der Waals surface area contributed by atoms with Gasteiger partial charge in [-0.3, -0.25) is 9.36 Å². The monoisotopic (exact) mass is 420 g/mol. The molecule has 1 aliphatic heterocycles. The maximum atomic E-state index is 13.4. The van der Waals surface area contributed by atoms with Crippen molar-refractivity contribution in [2.75, 3.05) is 32.8 Å². The maximum Gasteiger partial charge on any atom is 0.233 e. The van der Waals surface area contributed by atoms with Crippen molar-refractivity contribution in [2.45, 2.75) is 42.8 Å². The van der Waals surface area contributed by atoms with E-state index in [4.69, 9.17) is 4.74 Å². The minimum absolute atomic E-state index is 0.0363. The summed E-state index contributed by atoms with van der Waals surface area (Å²) in [5, 5.41) is 12.2. The quantitative estimate of drug-likeness (QED) is 0.617. The summed E-state index contributed by atoms with van der Waals surface area (Å²) in [6.45, 7) is 7.07.